The summed E-state index contributed by atoms with van der Waals surface area (Å²) in [5.41, 5.74) is 2.92. The summed E-state index contributed by atoms with van der Waals surface area (Å²) in [6.07, 6.45) is 13.1. The molecule has 2 aliphatic carbocycles. The molecule has 2 heteroatoms. The number of carbonyl (C=O) groups excluding carboxylic acids is 2. The van der Waals surface area contributed by atoms with E-state index in [4.69, 9.17) is 0 Å². The fourth-order valence-electron chi connectivity index (χ4n) is 4.72. The molecule has 0 N–H and O–H groups in total. The van der Waals surface area contributed by atoms with Gasteiger partial charge in [0.25, 0.3) is 0 Å². The van der Waals surface area contributed by atoms with Gasteiger partial charge in [0.05, 0.1) is 0 Å². The Morgan fingerprint density at radius 2 is 1.15 bits per heavy atom. The van der Waals surface area contributed by atoms with Crippen LogP contribution >= 0.6 is 0 Å². The monoisotopic (exact) mass is 360 g/mol. The normalized spacial score (nSPS) is 28.8. The largest absolute Gasteiger partial charge is 0.303 e. The molecule has 2 nitrogen and oxygen atoms in total. The minimum absolute atomic E-state index is 0.506. The second kappa shape index (κ2) is 11.5. The molecule has 4 atom stereocenters. The maximum Gasteiger partial charge on any atom is 0.120 e. The van der Waals surface area contributed by atoms with Gasteiger partial charge < -0.3 is 9.59 Å². The van der Waals surface area contributed by atoms with Gasteiger partial charge in [-0.25, -0.2) is 0 Å². The fourth-order valence-corrected chi connectivity index (χ4v) is 4.72. The third-order valence-corrected chi connectivity index (χ3v) is 6.29. The van der Waals surface area contributed by atoms with Crippen molar-refractivity contribution >= 4 is 12.6 Å². The molecule has 0 heterocycles. The predicted molar refractivity (Wildman–Crippen MR) is 111 cm³/mol. The topological polar surface area (TPSA) is 34.1 Å². The molecule has 0 saturated carbocycles. The molecule has 0 aromatic heterocycles. The summed E-state index contributed by atoms with van der Waals surface area (Å²) < 4.78 is 0. The van der Waals surface area contributed by atoms with E-state index in [0.29, 0.717) is 48.3 Å². The molecule has 2 aliphatic rings. The van der Waals surface area contributed by atoms with E-state index in [0.717, 1.165) is 12.6 Å². The third-order valence-electron chi connectivity index (χ3n) is 6.29. The fraction of sp³-hybridized carbons (Fsp3) is 0.750. The van der Waals surface area contributed by atoms with E-state index in [1.54, 1.807) is 0 Å². The molecule has 2 rings (SSSR count). The zero-order chi connectivity index (χ0) is 19.7. The number of hydrogen-bond acceptors (Lipinski definition) is 2. The van der Waals surface area contributed by atoms with Crippen molar-refractivity contribution in [3.8, 4) is 0 Å². The van der Waals surface area contributed by atoms with Crippen LogP contribution in [0.15, 0.2) is 23.3 Å². The van der Waals surface area contributed by atoms with E-state index in [-0.39, 0.29) is 0 Å². The maximum atomic E-state index is 10.5. The molecule has 0 aliphatic heterocycles. The number of carbonyl (C=O) groups is 2. The highest BCUT2D eigenvalue weighted by Crippen LogP contribution is 2.36. The first kappa shape index (κ1) is 22.9. The van der Waals surface area contributed by atoms with Gasteiger partial charge >= 0.3 is 0 Å². The quantitative estimate of drug-likeness (QED) is 0.405. The SMILES string of the molecule is CC1=C[C@@H](CC=O)[C@@H](C(C)C)CC1.CC1=C[C@H](CC=O)[C@@H](C(C)C)CC1. The van der Waals surface area contributed by atoms with E-state index in [1.807, 2.05) is 0 Å². The van der Waals surface area contributed by atoms with Crippen molar-refractivity contribution in [2.24, 2.45) is 35.5 Å². The van der Waals surface area contributed by atoms with Gasteiger partial charge in [-0.15, -0.1) is 0 Å². The Kier molecular flexibility index (Phi) is 10.1. The first-order chi connectivity index (χ1) is 12.3. The molecular formula is C24H40O2. The van der Waals surface area contributed by atoms with E-state index in [9.17, 15) is 9.59 Å². The van der Waals surface area contributed by atoms with Gasteiger partial charge in [-0.2, -0.15) is 0 Å². The van der Waals surface area contributed by atoms with Crippen LogP contribution in [0.1, 0.15) is 80.1 Å². The maximum absolute atomic E-state index is 10.5. The molecule has 0 radical (unpaired) electrons. The Balaban J connectivity index is 0.000000260. The summed E-state index contributed by atoms with van der Waals surface area (Å²) in [5.74, 6) is 3.85. The molecule has 0 aromatic rings. The van der Waals surface area contributed by atoms with Crippen molar-refractivity contribution in [3.63, 3.8) is 0 Å². The van der Waals surface area contributed by atoms with Gasteiger partial charge in [0.15, 0.2) is 0 Å². The smallest absolute Gasteiger partial charge is 0.120 e. The second-order valence-electron chi connectivity index (χ2n) is 9.05. The number of allylic oxidation sites excluding steroid dienone is 4. The molecule has 0 amide bonds. The Morgan fingerprint density at radius 1 is 0.808 bits per heavy atom. The van der Waals surface area contributed by atoms with Crippen LogP contribution in [0.25, 0.3) is 0 Å². The van der Waals surface area contributed by atoms with Crippen molar-refractivity contribution in [2.75, 3.05) is 0 Å². The van der Waals surface area contributed by atoms with E-state index < -0.39 is 0 Å². The van der Waals surface area contributed by atoms with Crippen molar-refractivity contribution < 1.29 is 9.59 Å². The van der Waals surface area contributed by atoms with Gasteiger partial charge in [0.1, 0.15) is 12.6 Å². The van der Waals surface area contributed by atoms with Crippen LogP contribution in [0, 0.1) is 35.5 Å². The van der Waals surface area contributed by atoms with Crippen molar-refractivity contribution in [2.45, 2.75) is 80.1 Å². The average Bonchev–Trinajstić information content (AvgIpc) is 2.55. The van der Waals surface area contributed by atoms with Crippen molar-refractivity contribution in [3.05, 3.63) is 23.3 Å². The summed E-state index contributed by atoms with van der Waals surface area (Å²) in [6, 6.07) is 0. The Bertz CT molecular complexity index is 452. The molecule has 0 unspecified atom stereocenters. The Morgan fingerprint density at radius 3 is 1.42 bits per heavy atom. The van der Waals surface area contributed by atoms with Crippen molar-refractivity contribution in [1.29, 1.82) is 0 Å². The van der Waals surface area contributed by atoms with Gasteiger partial charge in [0, 0.05) is 12.8 Å². The lowest BCUT2D eigenvalue weighted by atomic mass is 9.74. The minimum Gasteiger partial charge on any atom is -0.303 e. The molecule has 0 aromatic carbocycles. The first-order valence-corrected chi connectivity index (χ1v) is 10.5. The highest BCUT2D eigenvalue weighted by atomic mass is 16.1. The standard InChI is InChI=1S/2C12H20O/c2*1-9(2)12-5-4-10(3)8-11(12)6-7-13/h2*7-9,11-12H,4-6H2,1-3H3/t11-,12+;11-,12-/m01/s1. The summed E-state index contributed by atoms with van der Waals surface area (Å²) in [6.45, 7) is 13.4. The number of hydrogen-bond donors (Lipinski definition) is 0. The molecule has 26 heavy (non-hydrogen) atoms. The molecule has 148 valence electrons. The zero-order valence-corrected chi connectivity index (χ0v) is 17.8. The van der Waals surface area contributed by atoms with Crippen LogP contribution in [0.4, 0.5) is 0 Å². The van der Waals surface area contributed by atoms with Crippen LogP contribution in [-0.2, 0) is 9.59 Å². The van der Waals surface area contributed by atoms with Gasteiger partial charge in [-0.05, 0) is 75.0 Å². The number of rotatable bonds is 6. The van der Waals surface area contributed by atoms with Crippen LogP contribution in [0.2, 0.25) is 0 Å². The summed E-state index contributed by atoms with van der Waals surface area (Å²) in [5, 5.41) is 0. The predicted octanol–water partition coefficient (Wildman–Crippen LogP) is 6.41. The summed E-state index contributed by atoms with van der Waals surface area (Å²) in [7, 11) is 0. The average molecular weight is 361 g/mol. The second-order valence-corrected chi connectivity index (χ2v) is 9.05. The zero-order valence-electron chi connectivity index (χ0n) is 17.8. The van der Waals surface area contributed by atoms with Gasteiger partial charge in [-0.1, -0.05) is 51.0 Å². The Hall–Kier alpha value is -1.18. The lowest BCUT2D eigenvalue weighted by Crippen LogP contribution is -2.22. The molecule has 0 fully saturated rings. The summed E-state index contributed by atoms with van der Waals surface area (Å²) in [4.78, 5) is 21.0. The highest BCUT2D eigenvalue weighted by molar-refractivity contribution is 5.51. The van der Waals surface area contributed by atoms with Gasteiger partial charge in [-0.3, -0.25) is 0 Å². The molecule has 0 saturated heterocycles. The van der Waals surface area contributed by atoms with E-state index in [1.165, 1.54) is 36.8 Å². The minimum atomic E-state index is 0.506. The van der Waals surface area contributed by atoms with Crippen LogP contribution in [0.5, 0.6) is 0 Å². The lowest BCUT2D eigenvalue weighted by molar-refractivity contribution is -0.109. The van der Waals surface area contributed by atoms with Gasteiger partial charge in [0.2, 0.25) is 0 Å². The van der Waals surface area contributed by atoms with Crippen LogP contribution < -0.4 is 0 Å². The third kappa shape index (κ3) is 7.21. The highest BCUT2D eigenvalue weighted by Gasteiger charge is 2.26. The van der Waals surface area contributed by atoms with Crippen LogP contribution in [0.3, 0.4) is 0 Å². The summed E-state index contributed by atoms with van der Waals surface area (Å²) >= 11 is 0. The molecule has 0 spiro atoms. The molecular weight excluding hydrogens is 320 g/mol. The van der Waals surface area contributed by atoms with E-state index in [2.05, 4.69) is 53.7 Å². The van der Waals surface area contributed by atoms with Crippen LogP contribution in [-0.4, -0.2) is 12.6 Å². The van der Waals surface area contributed by atoms with Crippen molar-refractivity contribution in [1.82, 2.24) is 0 Å². The van der Waals surface area contributed by atoms with E-state index >= 15 is 0 Å². The Labute approximate surface area is 161 Å². The number of aldehydes is 2. The lowest BCUT2D eigenvalue weighted by Gasteiger charge is -2.31. The molecule has 0 bridgehead atoms. The first-order valence-electron chi connectivity index (χ1n) is 10.5.